The zero-order chi connectivity index (χ0) is 20.1. The first-order valence-corrected chi connectivity index (χ1v) is 8.61. The molecule has 142 valence electrons. The number of hydrogen-bond acceptors (Lipinski definition) is 5. The number of nitrogens with zero attached hydrogens (tertiary/aromatic N) is 2. The van der Waals surface area contributed by atoms with Crippen molar-refractivity contribution in [1.82, 2.24) is 20.3 Å². The minimum atomic E-state index is -1.10. The predicted molar refractivity (Wildman–Crippen MR) is 102 cm³/mol. The van der Waals surface area contributed by atoms with Crippen molar-refractivity contribution >= 4 is 17.6 Å². The fraction of sp³-hybridized carbons (Fsp3) is 0.150. The summed E-state index contributed by atoms with van der Waals surface area (Å²) in [6, 6.07) is 9.65. The molecule has 3 aromatic rings. The van der Waals surface area contributed by atoms with Crippen LogP contribution in [0.3, 0.4) is 0 Å². The number of primary amides is 1. The summed E-state index contributed by atoms with van der Waals surface area (Å²) in [6.45, 7) is 1.79. The van der Waals surface area contributed by atoms with Gasteiger partial charge >= 0.3 is 0 Å². The van der Waals surface area contributed by atoms with E-state index in [1.807, 2.05) is 18.2 Å². The first-order chi connectivity index (χ1) is 13.5. The molecule has 0 saturated heterocycles. The van der Waals surface area contributed by atoms with Gasteiger partial charge in [-0.25, -0.2) is 9.97 Å². The molecule has 0 radical (unpaired) electrons. The number of H-pyrrole nitrogens is 1. The van der Waals surface area contributed by atoms with Crippen LogP contribution in [0.2, 0.25) is 0 Å². The number of ketones is 1. The van der Waals surface area contributed by atoms with Crippen molar-refractivity contribution in [2.75, 3.05) is 0 Å². The van der Waals surface area contributed by atoms with Crippen LogP contribution in [0.25, 0.3) is 11.4 Å². The summed E-state index contributed by atoms with van der Waals surface area (Å²) in [6.07, 6.45) is 4.82. The number of nitrogens with two attached hydrogens (primary N) is 1. The summed E-state index contributed by atoms with van der Waals surface area (Å²) in [7, 11) is 0. The third-order valence-electron chi connectivity index (χ3n) is 4.26. The fourth-order valence-corrected chi connectivity index (χ4v) is 2.89. The number of amides is 2. The second-order valence-electron chi connectivity index (χ2n) is 6.22. The maximum atomic E-state index is 12.9. The summed E-state index contributed by atoms with van der Waals surface area (Å²) in [5.41, 5.74) is 7.47. The molecule has 28 heavy (non-hydrogen) atoms. The van der Waals surface area contributed by atoms with Gasteiger partial charge in [-0.2, -0.15) is 0 Å². The Labute approximate surface area is 161 Å². The van der Waals surface area contributed by atoms with Crippen LogP contribution < -0.4 is 11.1 Å². The van der Waals surface area contributed by atoms with Crippen LogP contribution in [0.1, 0.15) is 21.6 Å². The number of carbonyl (C=O) groups is 3. The van der Waals surface area contributed by atoms with E-state index >= 15 is 0 Å². The Bertz CT molecular complexity index is 999. The SMILES string of the molecule is Cc1[nH]cc(C(=O)NC(Cc2ccccc2)C(=O)C(N)=O)c1-c1ncccn1. The van der Waals surface area contributed by atoms with E-state index in [1.54, 1.807) is 37.5 Å². The first kappa shape index (κ1) is 19.0. The van der Waals surface area contributed by atoms with E-state index in [9.17, 15) is 14.4 Å². The van der Waals surface area contributed by atoms with E-state index in [2.05, 4.69) is 20.3 Å². The maximum Gasteiger partial charge on any atom is 0.287 e. The average Bonchev–Trinajstić information content (AvgIpc) is 3.09. The van der Waals surface area contributed by atoms with Crippen molar-refractivity contribution in [3.63, 3.8) is 0 Å². The zero-order valence-electron chi connectivity index (χ0n) is 15.2. The van der Waals surface area contributed by atoms with Crippen molar-refractivity contribution in [3.8, 4) is 11.4 Å². The molecule has 0 fully saturated rings. The lowest BCUT2D eigenvalue weighted by Crippen LogP contribution is -2.47. The van der Waals surface area contributed by atoms with Gasteiger partial charge in [0.05, 0.1) is 11.1 Å². The van der Waals surface area contributed by atoms with Gasteiger partial charge in [0.15, 0.2) is 5.82 Å². The number of rotatable bonds is 7. The Morgan fingerprint density at radius 3 is 2.43 bits per heavy atom. The molecule has 0 saturated carbocycles. The molecular formula is C20H19N5O3. The van der Waals surface area contributed by atoms with Gasteiger partial charge in [0.2, 0.25) is 5.78 Å². The van der Waals surface area contributed by atoms with Gasteiger partial charge in [-0.3, -0.25) is 14.4 Å². The number of aromatic nitrogens is 3. The number of aromatic amines is 1. The summed E-state index contributed by atoms with van der Waals surface area (Å²) in [5, 5.41) is 2.62. The average molecular weight is 377 g/mol. The van der Waals surface area contributed by atoms with Gasteiger partial charge in [0.25, 0.3) is 11.8 Å². The van der Waals surface area contributed by atoms with Crippen molar-refractivity contribution in [2.45, 2.75) is 19.4 Å². The summed E-state index contributed by atoms with van der Waals surface area (Å²) >= 11 is 0. The van der Waals surface area contributed by atoms with Crippen LogP contribution in [0.5, 0.6) is 0 Å². The standard InChI is InChI=1S/C20H19N5O3/c1-12-16(19-22-8-5-9-23-19)14(11-24-12)20(28)25-15(17(26)18(21)27)10-13-6-3-2-4-7-13/h2-9,11,15,24H,10H2,1H3,(H2,21,27)(H,25,28). The molecule has 4 N–H and O–H groups in total. The quantitative estimate of drug-likeness (QED) is 0.532. The predicted octanol–water partition coefficient (Wildman–Crippen LogP) is 1.18. The van der Waals surface area contributed by atoms with Crippen molar-refractivity contribution < 1.29 is 14.4 Å². The number of carbonyl (C=O) groups excluding carboxylic acids is 3. The van der Waals surface area contributed by atoms with Crippen molar-refractivity contribution in [3.05, 3.63) is 71.8 Å². The zero-order valence-corrected chi connectivity index (χ0v) is 15.2. The van der Waals surface area contributed by atoms with E-state index in [4.69, 9.17) is 5.73 Å². The molecule has 0 aliphatic heterocycles. The summed E-state index contributed by atoms with van der Waals surface area (Å²) in [4.78, 5) is 47.9. The number of benzene rings is 1. The highest BCUT2D eigenvalue weighted by Crippen LogP contribution is 2.24. The topological polar surface area (TPSA) is 131 Å². The van der Waals surface area contributed by atoms with E-state index in [1.165, 1.54) is 6.20 Å². The van der Waals surface area contributed by atoms with Gasteiger partial charge in [-0.05, 0) is 18.6 Å². The van der Waals surface area contributed by atoms with Gasteiger partial charge < -0.3 is 16.0 Å². The monoisotopic (exact) mass is 377 g/mol. The second kappa shape index (κ2) is 8.26. The lowest BCUT2D eigenvalue weighted by atomic mass is 10.0. The Morgan fingerprint density at radius 1 is 1.11 bits per heavy atom. The number of hydrogen-bond donors (Lipinski definition) is 3. The van der Waals surface area contributed by atoms with Gasteiger partial charge in [0, 0.05) is 30.7 Å². The van der Waals surface area contributed by atoms with E-state index in [0.29, 0.717) is 17.1 Å². The van der Waals surface area contributed by atoms with Crippen molar-refractivity contribution in [1.29, 1.82) is 0 Å². The molecule has 2 amide bonds. The minimum Gasteiger partial charge on any atom is -0.364 e. The van der Waals surface area contributed by atoms with E-state index in [-0.39, 0.29) is 12.0 Å². The summed E-state index contributed by atoms with van der Waals surface area (Å²) < 4.78 is 0. The lowest BCUT2D eigenvalue weighted by Gasteiger charge is -2.16. The molecular weight excluding hydrogens is 358 g/mol. The first-order valence-electron chi connectivity index (χ1n) is 8.61. The van der Waals surface area contributed by atoms with Crippen LogP contribution >= 0.6 is 0 Å². The molecule has 0 spiro atoms. The highest BCUT2D eigenvalue weighted by molar-refractivity contribution is 6.38. The molecule has 8 heteroatoms. The highest BCUT2D eigenvalue weighted by atomic mass is 16.2. The van der Waals surface area contributed by atoms with Gasteiger partial charge in [-0.1, -0.05) is 30.3 Å². The van der Waals surface area contributed by atoms with Gasteiger partial charge in [-0.15, -0.1) is 0 Å². The van der Waals surface area contributed by atoms with E-state index in [0.717, 1.165) is 5.56 Å². The fourth-order valence-electron chi connectivity index (χ4n) is 2.89. The Morgan fingerprint density at radius 2 is 1.79 bits per heavy atom. The van der Waals surface area contributed by atoms with Crippen LogP contribution in [-0.2, 0) is 16.0 Å². The number of Topliss-reactive ketones (excluding diaryl/α,β-unsaturated/α-hetero) is 1. The van der Waals surface area contributed by atoms with Crippen LogP contribution in [0, 0.1) is 6.92 Å². The molecule has 2 aromatic heterocycles. The molecule has 0 aliphatic carbocycles. The Kier molecular flexibility index (Phi) is 5.59. The molecule has 8 nitrogen and oxygen atoms in total. The lowest BCUT2D eigenvalue weighted by molar-refractivity contribution is -0.137. The molecule has 1 atom stereocenters. The normalized spacial score (nSPS) is 11.6. The second-order valence-corrected chi connectivity index (χ2v) is 6.22. The van der Waals surface area contributed by atoms with Crippen molar-refractivity contribution in [2.24, 2.45) is 5.73 Å². The number of aryl methyl sites for hydroxylation is 1. The Hall–Kier alpha value is -3.81. The Balaban J connectivity index is 1.89. The molecule has 2 heterocycles. The maximum absolute atomic E-state index is 12.9. The van der Waals surface area contributed by atoms with Crippen LogP contribution in [0.4, 0.5) is 0 Å². The smallest absolute Gasteiger partial charge is 0.287 e. The van der Waals surface area contributed by atoms with Crippen LogP contribution in [-0.4, -0.2) is 38.6 Å². The molecule has 3 rings (SSSR count). The molecule has 0 aliphatic rings. The largest absolute Gasteiger partial charge is 0.364 e. The van der Waals surface area contributed by atoms with E-state index < -0.39 is 23.6 Å². The number of nitrogens with one attached hydrogen (secondary N) is 2. The molecule has 1 unspecified atom stereocenters. The van der Waals surface area contributed by atoms with Crippen LogP contribution in [0.15, 0.2) is 55.0 Å². The third kappa shape index (κ3) is 4.12. The summed E-state index contributed by atoms with van der Waals surface area (Å²) in [5.74, 6) is -2.10. The van der Waals surface area contributed by atoms with Gasteiger partial charge in [0.1, 0.15) is 6.04 Å². The molecule has 0 bridgehead atoms. The highest BCUT2D eigenvalue weighted by Gasteiger charge is 2.28. The minimum absolute atomic E-state index is 0.148. The third-order valence-corrected chi connectivity index (χ3v) is 4.26. The molecule has 1 aromatic carbocycles.